The van der Waals surface area contributed by atoms with Crippen molar-refractivity contribution in [1.82, 2.24) is 4.90 Å². The van der Waals surface area contributed by atoms with Crippen LogP contribution in [0.3, 0.4) is 0 Å². The Morgan fingerprint density at radius 3 is 2.83 bits per heavy atom. The zero-order valence-corrected chi connectivity index (χ0v) is 13.7. The van der Waals surface area contributed by atoms with Crippen LogP contribution in [0.15, 0.2) is 36.9 Å². The van der Waals surface area contributed by atoms with Gasteiger partial charge in [0.05, 0.1) is 5.60 Å². The van der Waals surface area contributed by atoms with Gasteiger partial charge in [0.1, 0.15) is 0 Å². The molecule has 1 aliphatic rings. The molecule has 0 aromatic heterocycles. The number of amides is 2. The second kappa shape index (κ2) is 6.96. The molecule has 23 heavy (non-hydrogen) atoms. The molecule has 1 fully saturated rings. The molecule has 5 nitrogen and oxygen atoms in total. The lowest BCUT2D eigenvalue weighted by molar-refractivity contribution is -0.111. The van der Waals surface area contributed by atoms with E-state index in [9.17, 15) is 14.7 Å². The summed E-state index contributed by atoms with van der Waals surface area (Å²) in [4.78, 5) is 25.8. The van der Waals surface area contributed by atoms with Crippen LogP contribution in [-0.4, -0.2) is 40.5 Å². The largest absolute Gasteiger partial charge is 0.390 e. The number of carbonyl (C=O) groups is 2. The Labute approximate surface area is 137 Å². The lowest BCUT2D eigenvalue weighted by Crippen LogP contribution is -2.46. The van der Waals surface area contributed by atoms with E-state index in [4.69, 9.17) is 0 Å². The SMILES string of the molecule is C=CC(=O)Nc1cccc(C(=O)N2CCCC(C(C)(C)O)C2)c1. The van der Waals surface area contributed by atoms with Crippen LogP contribution >= 0.6 is 0 Å². The fourth-order valence-electron chi connectivity index (χ4n) is 2.84. The van der Waals surface area contributed by atoms with Crippen LogP contribution < -0.4 is 5.32 Å². The molecule has 0 aliphatic carbocycles. The van der Waals surface area contributed by atoms with E-state index in [1.807, 2.05) is 0 Å². The highest BCUT2D eigenvalue weighted by Gasteiger charge is 2.33. The van der Waals surface area contributed by atoms with Gasteiger partial charge >= 0.3 is 0 Å². The quantitative estimate of drug-likeness (QED) is 0.838. The molecule has 0 bridgehead atoms. The van der Waals surface area contributed by atoms with E-state index in [0.29, 0.717) is 24.3 Å². The van der Waals surface area contributed by atoms with Gasteiger partial charge in [0.15, 0.2) is 0 Å². The monoisotopic (exact) mass is 316 g/mol. The number of likely N-dealkylation sites (tertiary alicyclic amines) is 1. The minimum atomic E-state index is -0.793. The van der Waals surface area contributed by atoms with Gasteiger partial charge in [-0.15, -0.1) is 0 Å². The summed E-state index contributed by atoms with van der Waals surface area (Å²) in [7, 11) is 0. The lowest BCUT2D eigenvalue weighted by Gasteiger charge is -2.38. The van der Waals surface area contributed by atoms with Gasteiger partial charge in [-0.3, -0.25) is 9.59 Å². The van der Waals surface area contributed by atoms with E-state index in [2.05, 4.69) is 11.9 Å². The van der Waals surface area contributed by atoms with E-state index in [1.165, 1.54) is 6.08 Å². The van der Waals surface area contributed by atoms with Crippen molar-refractivity contribution in [2.75, 3.05) is 18.4 Å². The maximum atomic E-state index is 12.7. The summed E-state index contributed by atoms with van der Waals surface area (Å²) in [5.74, 6) is -0.313. The third kappa shape index (κ3) is 4.42. The highest BCUT2D eigenvalue weighted by molar-refractivity contribution is 6.00. The Morgan fingerprint density at radius 1 is 1.43 bits per heavy atom. The number of carbonyl (C=O) groups excluding carboxylic acids is 2. The van der Waals surface area contributed by atoms with E-state index >= 15 is 0 Å². The summed E-state index contributed by atoms with van der Waals surface area (Å²) in [5, 5.41) is 12.8. The van der Waals surface area contributed by atoms with E-state index in [-0.39, 0.29) is 17.7 Å². The number of hydrogen-bond acceptors (Lipinski definition) is 3. The Balaban J connectivity index is 2.12. The Kier molecular flexibility index (Phi) is 5.21. The number of nitrogens with one attached hydrogen (secondary N) is 1. The first-order chi connectivity index (χ1) is 10.8. The number of nitrogens with zero attached hydrogens (tertiary/aromatic N) is 1. The van der Waals surface area contributed by atoms with Gasteiger partial charge in [-0.1, -0.05) is 12.6 Å². The summed E-state index contributed by atoms with van der Waals surface area (Å²) >= 11 is 0. The van der Waals surface area contributed by atoms with Crippen LogP contribution in [0.5, 0.6) is 0 Å². The third-order valence-electron chi connectivity index (χ3n) is 4.27. The Bertz CT molecular complexity index is 605. The van der Waals surface area contributed by atoms with Gasteiger partial charge in [0.2, 0.25) is 5.91 Å². The zero-order valence-electron chi connectivity index (χ0n) is 13.7. The van der Waals surface area contributed by atoms with Crippen molar-refractivity contribution >= 4 is 17.5 Å². The second-order valence-corrected chi connectivity index (χ2v) is 6.52. The number of piperidine rings is 1. The molecule has 0 saturated carbocycles. The molecule has 1 aromatic carbocycles. The van der Waals surface area contributed by atoms with Crippen molar-refractivity contribution in [2.24, 2.45) is 5.92 Å². The van der Waals surface area contributed by atoms with Crippen LogP contribution in [0.4, 0.5) is 5.69 Å². The van der Waals surface area contributed by atoms with Crippen molar-refractivity contribution in [3.63, 3.8) is 0 Å². The van der Waals surface area contributed by atoms with Gasteiger partial charge in [-0.25, -0.2) is 0 Å². The molecule has 2 rings (SSSR count). The van der Waals surface area contributed by atoms with Crippen molar-refractivity contribution < 1.29 is 14.7 Å². The van der Waals surface area contributed by atoms with Crippen molar-refractivity contribution in [1.29, 1.82) is 0 Å². The first kappa shape index (κ1) is 17.2. The number of benzene rings is 1. The molecule has 2 N–H and O–H groups in total. The maximum absolute atomic E-state index is 12.7. The fourth-order valence-corrected chi connectivity index (χ4v) is 2.84. The van der Waals surface area contributed by atoms with E-state index in [0.717, 1.165) is 12.8 Å². The van der Waals surface area contributed by atoms with Gasteiger partial charge < -0.3 is 15.3 Å². The van der Waals surface area contributed by atoms with Crippen molar-refractivity contribution in [3.05, 3.63) is 42.5 Å². The third-order valence-corrected chi connectivity index (χ3v) is 4.27. The molecule has 1 heterocycles. The minimum absolute atomic E-state index is 0.0730. The first-order valence-electron chi connectivity index (χ1n) is 7.86. The predicted molar refractivity (Wildman–Crippen MR) is 90.2 cm³/mol. The van der Waals surface area contributed by atoms with Gasteiger partial charge in [-0.05, 0) is 51.0 Å². The highest BCUT2D eigenvalue weighted by Crippen LogP contribution is 2.27. The van der Waals surface area contributed by atoms with Crippen LogP contribution in [0.1, 0.15) is 37.0 Å². The van der Waals surface area contributed by atoms with Crippen molar-refractivity contribution in [2.45, 2.75) is 32.3 Å². The van der Waals surface area contributed by atoms with Crippen LogP contribution in [0.25, 0.3) is 0 Å². The molecule has 2 amide bonds. The molecule has 1 atom stereocenters. The molecule has 1 aromatic rings. The maximum Gasteiger partial charge on any atom is 0.253 e. The summed E-state index contributed by atoms with van der Waals surface area (Å²) in [6, 6.07) is 6.87. The number of aliphatic hydroxyl groups is 1. The number of rotatable bonds is 4. The van der Waals surface area contributed by atoms with Gasteiger partial charge in [-0.2, -0.15) is 0 Å². The van der Waals surface area contributed by atoms with Crippen LogP contribution in [-0.2, 0) is 4.79 Å². The molecule has 0 spiro atoms. The summed E-state index contributed by atoms with van der Waals surface area (Å²) < 4.78 is 0. The van der Waals surface area contributed by atoms with Crippen LogP contribution in [0.2, 0.25) is 0 Å². The molecule has 124 valence electrons. The molecular weight excluding hydrogens is 292 g/mol. The normalized spacial score (nSPS) is 18.4. The molecule has 5 heteroatoms. The number of anilines is 1. The predicted octanol–water partition coefficient (Wildman–Crippen LogP) is 2.43. The fraction of sp³-hybridized carbons (Fsp3) is 0.444. The zero-order chi connectivity index (χ0) is 17.0. The molecular formula is C18H24N2O3. The molecule has 1 unspecified atom stereocenters. The molecule has 0 radical (unpaired) electrons. The van der Waals surface area contributed by atoms with E-state index < -0.39 is 5.60 Å². The van der Waals surface area contributed by atoms with E-state index in [1.54, 1.807) is 43.0 Å². The average Bonchev–Trinajstić information content (AvgIpc) is 2.53. The summed E-state index contributed by atoms with van der Waals surface area (Å²) in [5.41, 5.74) is 0.304. The standard InChI is InChI=1S/C18H24N2O3/c1-4-16(21)19-15-9-5-7-13(11-15)17(22)20-10-6-8-14(12-20)18(2,3)23/h4-5,7,9,11,14,23H,1,6,8,10,12H2,2-3H3,(H,19,21). The highest BCUT2D eigenvalue weighted by atomic mass is 16.3. The lowest BCUT2D eigenvalue weighted by atomic mass is 9.84. The van der Waals surface area contributed by atoms with Gasteiger partial charge in [0.25, 0.3) is 5.91 Å². The summed E-state index contributed by atoms with van der Waals surface area (Å²) in [6.45, 7) is 8.22. The second-order valence-electron chi connectivity index (χ2n) is 6.52. The molecule has 1 aliphatic heterocycles. The Morgan fingerprint density at radius 2 is 2.17 bits per heavy atom. The van der Waals surface area contributed by atoms with Gasteiger partial charge in [0, 0.05) is 30.3 Å². The Hall–Kier alpha value is -2.14. The molecule has 1 saturated heterocycles. The summed E-state index contributed by atoms with van der Waals surface area (Å²) in [6.07, 6.45) is 2.99. The smallest absolute Gasteiger partial charge is 0.253 e. The minimum Gasteiger partial charge on any atom is -0.390 e. The average molecular weight is 316 g/mol. The van der Waals surface area contributed by atoms with Crippen molar-refractivity contribution in [3.8, 4) is 0 Å². The first-order valence-corrected chi connectivity index (χ1v) is 7.86. The van der Waals surface area contributed by atoms with Crippen LogP contribution in [0, 0.1) is 5.92 Å². The number of hydrogen-bond donors (Lipinski definition) is 2. The topological polar surface area (TPSA) is 69.6 Å².